The third-order valence-electron chi connectivity index (χ3n) is 4.51. The van der Waals surface area contributed by atoms with Gasteiger partial charge in [0.2, 0.25) is 11.0 Å². The summed E-state index contributed by atoms with van der Waals surface area (Å²) in [6.07, 6.45) is 4.77. The maximum atomic E-state index is 12.2. The number of hydrogen-bond donors (Lipinski definition) is 2. The molecule has 0 bridgehead atoms. The smallest absolute Gasteiger partial charge is 0.230 e. The molecule has 140 valence electrons. The largest absolute Gasteiger partial charge is 0.497 e. The lowest BCUT2D eigenvalue weighted by Crippen LogP contribution is -2.41. The summed E-state index contributed by atoms with van der Waals surface area (Å²) in [5.74, 6) is 1.80. The van der Waals surface area contributed by atoms with E-state index in [0.29, 0.717) is 22.8 Å². The molecule has 8 heteroatoms. The fourth-order valence-electron chi connectivity index (χ4n) is 3.05. The van der Waals surface area contributed by atoms with Gasteiger partial charge in [-0.1, -0.05) is 48.9 Å². The minimum Gasteiger partial charge on any atom is -0.497 e. The van der Waals surface area contributed by atoms with E-state index < -0.39 is 0 Å². The number of anilines is 2. The van der Waals surface area contributed by atoms with Crippen molar-refractivity contribution in [1.82, 2.24) is 15.5 Å². The molecule has 3 rings (SSSR count). The average molecular weight is 393 g/mol. The fourth-order valence-corrected chi connectivity index (χ4v) is 4.63. The maximum absolute atomic E-state index is 12.2. The third kappa shape index (κ3) is 5.35. The zero-order valence-corrected chi connectivity index (χ0v) is 16.7. The van der Waals surface area contributed by atoms with E-state index in [2.05, 4.69) is 27.8 Å². The van der Waals surface area contributed by atoms with Crippen molar-refractivity contribution in [3.8, 4) is 5.75 Å². The van der Waals surface area contributed by atoms with Crippen LogP contribution in [0, 0.1) is 5.92 Å². The van der Waals surface area contributed by atoms with E-state index in [1.54, 1.807) is 7.11 Å². The average Bonchev–Trinajstić information content (AvgIpc) is 3.09. The van der Waals surface area contributed by atoms with Crippen LogP contribution in [0.25, 0.3) is 0 Å². The van der Waals surface area contributed by atoms with Gasteiger partial charge in [0.25, 0.3) is 0 Å². The SMILES string of the molecule is COc1cccc(Nc2nnc(SCC(=O)NC3CCCCC3C)s2)c1. The van der Waals surface area contributed by atoms with E-state index in [1.807, 2.05) is 24.3 Å². The number of ether oxygens (including phenoxy) is 1. The molecule has 1 aliphatic carbocycles. The zero-order valence-electron chi connectivity index (χ0n) is 15.0. The highest BCUT2D eigenvalue weighted by atomic mass is 32.2. The molecule has 2 N–H and O–H groups in total. The number of carbonyl (C=O) groups excluding carboxylic acids is 1. The molecule has 0 radical (unpaired) electrons. The second kappa shape index (κ2) is 9.23. The van der Waals surface area contributed by atoms with Crippen LogP contribution < -0.4 is 15.4 Å². The molecular formula is C18H24N4O2S2. The molecule has 1 amide bonds. The fraction of sp³-hybridized carbons (Fsp3) is 0.500. The Bertz CT molecular complexity index is 737. The van der Waals surface area contributed by atoms with E-state index >= 15 is 0 Å². The van der Waals surface area contributed by atoms with Crippen LogP contribution in [0.3, 0.4) is 0 Å². The molecule has 6 nitrogen and oxygen atoms in total. The highest BCUT2D eigenvalue weighted by Crippen LogP contribution is 2.29. The van der Waals surface area contributed by atoms with Crippen LogP contribution in [0.1, 0.15) is 32.6 Å². The van der Waals surface area contributed by atoms with Gasteiger partial charge in [0.05, 0.1) is 12.9 Å². The number of hydrogen-bond acceptors (Lipinski definition) is 7. The molecule has 1 heterocycles. The van der Waals surface area contributed by atoms with Crippen molar-refractivity contribution in [3.05, 3.63) is 24.3 Å². The standard InChI is InChI=1S/C18H24N4O2S2/c1-12-6-3-4-9-15(12)20-16(23)11-25-18-22-21-17(26-18)19-13-7-5-8-14(10-13)24-2/h5,7-8,10,12,15H,3-4,6,9,11H2,1-2H3,(H,19,21)(H,20,23). The van der Waals surface area contributed by atoms with Crippen LogP contribution >= 0.6 is 23.1 Å². The number of nitrogens with one attached hydrogen (secondary N) is 2. The molecule has 0 saturated heterocycles. The van der Waals surface area contributed by atoms with E-state index in [4.69, 9.17) is 4.74 Å². The van der Waals surface area contributed by atoms with Crippen LogP contribution in [0.15, 0.2) is 28.6 Å². The van der Waals surface area contributed by atoms with Crippen LogP contribution in [-0.2, 0) is 4.79 Å². The van der Waals surface area contributed by atoms with Crippen molar-refractivity contribution in [2.45, 2.75) is 43.0 Å². The molecular weight excluding hydrogens is 368 g/mol. The predicted molar refractivity (Wildman–Crippen MR) is 106 cm³/mol. The minimum absolute atomic E-state index is 0.0752. The van der Waals surface area contributed by atoms with Crippen LogP contribution in [0.4, 0.5) is 10.8 Å². The van der Waals surface area contributed by atoms with Crippen LogP contribution in [0.5, 0.6) is 5.75 Å². The molecule has 1 fully saturated rings. The summed E-state index contributed by atoms with van der Waals surface area (Å²) in [6.45, 7) is 2.22. The first-order valence-corrected chi connectivity index (χ1v) is 10.6. The van der Waals surface area contributed by atoms with Crippen molar-refractivity contribution >= 4 is 39.8 Å². The molecule has 0 aliphatic heterocycles. The van der Waals surface area contributed by atoms with Gasteiger partial charge in [-0.05, 0) is 30.9 Å². The van der Waals surface area contributed by atoms with Gasteiger partial charge in [-0.2, -0.15) is 0 Å². The predicted octanol–water partition coefficient (Wildman–Crippen LogP) is 4.08. The molecule has 1 aromatic heterocycles. The Morgan fingerprint density at radius 2 is 2.19 bits per heavy atom. The summed E-state index contributed by atoms with van der Waals surface area (Å²) in [7, 11) is 1.64. The number of benzene rings is 1. The van der Waals surface area contributed by atoms with Gasteiger partial charge in [0.15, 0.2) is 4.34 Å². The zero-order chi connectivity index (χ0) is 18.4. The van der Waals surface area contributed by atoms with Crippen LogP contribution in [-0.4, -0.2) is 35.0 Å². The van der Waals surface area contributed by atoms with Gasteiger partial charge in [-0.25, -0.2) is 0 Å². The normalized spacial score (nSPS) is 19.8. The van der Waals surface area contributed by atoms with Gasteiger partial charge in [-0.15, -0.1) is 10.2 Å². The molecule has 0 spiro atoms. The summed E-state index contributed by atoms with van der Waals surface area (Å²) < 4.78 is 5.99. The number of thioether (sulfide) groups is 1. The summed E-state index contributed by atoms with van der Waals surface area (Å²) in [5, 5.41) is 15.4. The van der Waals surface area contributed by atoms with Crippen molar-refractivity contribution in [2.75, 3.05) is 18.2 Å². The first-order valence-electron chi connectivity index (χ1n) is 8.81. The van der Waals surface area contributed by atoms with E-state index in [1.165, 1.54) is 42.4 Å². The number of amides is 1. The lowest BCUT2D eigenvalue weighted by Gasteiger charge is -2.29. The van der Waals surface area contributed by atoms with Crippen molar-refractivity contribution < 1.29 is 9.53 Å². The molecule has 2 aromatic rings. The monoisotopic (exact) mass is 392 g/mol. The Morgan fingerprint density at radius 1 is 1.35 bits per heavy atom. The topological polar surface area (TPSA) is 76.1 Å². The van der Waals surface area contributed by atoms with E-state index in [-0.39, 0.29) is 5.91 Å². The van der Waals surface area contributed by atoms with Gasteiger partial charge in [0.1, 0.15) is 5.75 Å². The first-order chi connectivity index (χ1) is 12.6. The molecule has 1 aliphatic rings. The van der Waals surface area contributed by atoms with Crippen LogP contribution in [0.2, 0.25) is 0 Å². The molecule has 2 atom stereocenters. The van der Waals surface area contributed by atoms with Gasteiger partial charge in [0, 0.05) is 17.8 Å². The molecule has 26 heavy (non-hydrogen) atoms. The number of rotatable bonds is 7. The highest BCUT2D eigenvalue weighted by Gasteiger charge is 2.22. The Hall–Kier alpha value is -1.80. The van der Waals surface area contributed by atoms with Gasteiger partial charge in [-0.3, -0.25) is 4.79 Å². The number of nitrogens with zero attached hydrogens (tertiary/aromatic N) is 2. The second-order valence-corrected chi connectivity index (χ2v) is 8.65. The molecule has 2 unspecified atom stereocenters. The lowest BCUT2D eigenvalue weighted by atomic mass is 9.86. The second-order valence-electron chi connectivity index (χ2n) is 6.45. The first kappa shape index (κ1) is 19.0. The summed E-state index contributed by atoms with van der Waals surface area (Å²) in [6, 6.07) is 7.95. The number of carbonyl (C=O) groups is 1. The van der Waals surface area contributed by atoms with Crippen molar-refractivity contribution in [1.29, 1.82) is 0 Å². The van der Waals surface area contributed by atoms with Gasteiger partial charge < -0.3 is 15.4 Å². The molecule has 1 saturated carbocycles. The highest BCUT2D eigenvalue weighted by molar-refractivity contribution is 8.01. The summed E-state index contributed by atoms with van der Waals surface area (Å²) in [5.41, 5.74) is 0.890. The number of methoxy groups -OCH3 is 1. The molecule has 1 aromatic carbocycles. The van der Waals surface area contributed by atoms with Gasteiger partial charge >= 0.3 is 0 Å². The van der Waals surface area contributed by atoms with E-state index in [9.17, 15) is 4.79 Å². The van der Waals surface area contributed by atoms with Crippen molar-refractivity contribution in [3.63, 3.8) is 0 Å². The number of aromatic nitrogens is 2. The van der Waals surface area contributed by atoms with E-state index in [0.717, 1.165) is 22.2 Å². The third-order valence-corrected chi connectivity index (χ3v) is 6.48. The Morgan fingerprint density at radius 3 is 3.00 bits per heavy atom. The maximum Gasteiger partial charge on any atom is 0.230 e. The Kier molecular flexibility index (Phi) is 6.73. The summed E-state index contributed by atoms with van der Waals surface area (Å²) >= 11 is 2.86. The quantitative estimate of drug-likeness (QED) is 0.692. The minimum atomic E-state index is 0.0752. The Labute approximate surface area is 162 Å². The lowest BCUT2D eigenvalue weighted by molar-refractivity contribution is -0.119. The van der Waals surface area contributed by atoms with Crippen molar-refractivity contribution in [2.24, 2.45) is 5.92 Å². The Balaban J connectivity index is 1.48. The summed E-state index contributed by atoms with van der Waals surface area (Å²) in [4.78, 5) is 12.2.